The molecule has 0 bridgehead atoms. The van der Waals surface area contributed by atoms with Crippen molar-refractivity contribution < 1.29 is 14.4 Å². The highest BCUT2D eigenvalue weighted by atomic mass is 16.2. The van der Waals surface area contributed by atoms with Gasteiger partial charge in [-0.15, -0.1) is 0 Å². The molecule has 1 atom stereocenters. The highest BCUT2D eigenvalue weighted by molar-refractivity contribution is 5.98. The summed E-state index contributed by atoms with van der Waals surface area (Å²) in [7, 11) is 0. The van der Waals surface area contributed by atoms with E-state index in [1.54, 1.807) is 29.3 Å². The summed E-state index contributed by atoms with van der Waals surface area (Å²) in [6, 6.07) is 14.4. The van der Waals surface area contributed by atoms with Crippen molar-refractivity contribution in [3.63, 3.8) is 0 Å². The van der Waals surface area contributed by atoms with Crippen LogP contribution < -0.4 is 10.2 Å². The van der Waals surface area contributed by atoms with Crippen molar-refractivity contribution >= 4 is 23.4 Å². The van der Waals surface area contributed by atoms with E-state index >= 15 is 0 Å². The number of anilines is 1. The van der Waals surface area contributed by atoms with Crippen molar-refractivity contribution in [1.29, 1.82) is 0 Å². The Labute approximate surface area is 175 Å². The Balaban J connectivity index is 1.39. The molecule has 156 valence electrons. The number of aromatic nitrogens is 1. The van der Waals surface area contributed by atoms with Crippen LogP contribution in [0.25, 0.3) is 0 Å². The third-order valence-corrected chi connectivity index (χ3v) is 5.60. The van der Waals surface area contributed by atoms with Crippen LogP contribution in [0.2, 0.25) is 0 Å². The maximum atomic E-state index is 12.9. The van der Waals surface area contributed by atoms with Gasteiger partial charge in [0.2, 0.25) is 11.8 Å². The highest BCUT2D eigenvalue weighted by Crippen LogP contribution is 2.18. The van der Waals surface area contributed by atoms with E-state index in [1.165, 1.54) is 4.90 Å². The Morgan fingerprint density at radius 2 is 1.70 bits per heavy atom. The number of para-hydroxylation sites is 1. The molecule has 1 N–H and O–H groups in total. The van der Waals surface area contributed by atoms with Crippen molar-refractivity contribution in [1.82, 2.24) is 20.1 Å². The Morgan fingerprint density at radius 1 is 0.967 bits per heavy atom. The predicted molar refractivity (Wildman–Crippen MR) is 112 cm³/mol. The van der Waals surface area contributed by atoms with Crippen molar-refractivity contribution in [2.75, 3.05) is 44.2 Å². The SMILES string of the molecule is O=C1NCCN(C(=O)c2ccccn2)[C@@H]1CC(=O)N1CCN(c2ccccc2)CC1. The molecule has 0 unspecified atom stereocenters. The molecule has 0 aliphatic carbocycles. The smallest absolute Gasteiger partial charge is 0.273 e. The van der Waals surface area contributed by atoms with E-state index in [0.29, 0.717) is 26.2 Å². The first-order valence-electron chi connectivity index (χ1n) is 10.2. The number of rotatable bonds is 4. The van der Waals surface area contributed by atoms with E-state index < -0.39 is 6.04 Å². The maximum absolute atomic E-state index is 12.9. The van der Waals surface area contributed by atoms with Gasteiger partial charge in [-0.25, -0.2) is 0 Å². The summed E-state index contributed by atoms with van der Waals surface area (Å²) in [6.45, 7) is 3.40. The first kappa shape index (κ1) is 19.9. The van der Waals surface area contributed by atoms with Crippen molar-refractivity contribution in [3.8, 4) is 0 Å². The van der Waals surface area contributed by atoms with Crippen molar-refractivity contribution in [3.05, 3.63) is 60.4 Å². The molecule has 2 fully saturated rings. The van der Waals surface area contributed by atoms with E-state index in [0.717, 1.165) is 18.8 Å². The second-order valence-electron chi connectivity index (χ2n) is 7.43. The number of carbonyl (C=O) groups excluding carboxylic acids is 3. The second kappa shape index (κ2) is 8.94. The minimum absolute atomic E-state index is 0.0181. The molecule has 30 heavy (non-hydrogen) atoms. The fraction of sp³-hybridized carbons (Fsp3) is 0.364. The lowest BCUT2D eigenvalue weighted by Gasteiger charge is -2.38. The van der Waals surface area contributed by atoms with Gasteiger partial charge in [0.25, 0.3) is 5.91 Å². The zero-order chi connectivity index (χ0) is 20.9. The molecule has 0 spiro atoms. The number of pyridine rings is 1. The van der Waals surface area contributed by atoms with E-state index in [2.05, 4.69) is 27.3 Å². The average molecular weight is 407 g/mol. The number of carbonyl (C=O) groups is 3. The number of hydrogen-bond donors (Lipinski definition) is 1. The van der Waals surface area contributed by atoms with Gasteiger partial charge in [0, 0.05) is 51.2 Å². The summed E-state index contributed by atoms with van der Waals surface area (Å²) < 4.78 is 0. The number of nitrogens with zero attached hydrogens (tertiary/aromatic N) is 4. The van der Waals surface area contributed by atoms with Crippen LogP contribution in [0.4, 0.5) is 5.69 Å². The number of benzene rings is 1. The third kappa shape index (κ3) is 4.27. The minimum Gasteiger partial charge on any atom is -0.368 e. The Hall–Kier alpha value is -3.42. The van der Waals surface area contributed by atoms with Crippen LogP contribution in [0.5, 0.6) is 0 Å². The molecule has 0 saturated carbocycles. The summed E-state index contributed by atoms with van der Waals surface area (Å²) >= 11 is 0. The lowest BCUT2D eigenvalue weighted by atomic mass is 10.1. The lowest BCUT2D eigenvalue weighted by Crippen LogP contribution is -2.59. The van der Waals surface area contributed by atoms with Gasteiger partial charge in [-0.2, -0.15) is 0 Å². The molecule has 3 heterocycles. The minimum atomic E-state index is -0.812. The molecule has 0 radical (unpaired) electrons. The van der Waals surface area contributed by atoms with Crippen LogP contribution in [0, 0.1) is 0 Å². The van der Waals surface area contributed by atoms with E-state index in [9.17, 15) is 14.4 Å². The average Bonchev–Trinajstić information content (AvgIpc) is 2.81. The third-order valence-electron chi connectivity index (χ3n) is 5.60. The molecule has 1 aromatic carbocycles. The van der Waals surface area contributed by atoms with E-state index in [-0.39, 0.29) is 29.8 Å². The molecule has 3 amide bonds. The summed E-state index contributed by atoms with van der Waals surface area (Å²) in [4.78, 5) is 47.9. The predicted octanol–water partition coefficient (Wildman–Crippen LogP) is 0.761. The Morgan fingerprint density at radius 3 is 2.40 bits per heavy atom. The zero-order valence-corrected chi connectivity index (χ0v) is 16.7. The molecule has 2 saturated heterocycles. The molecule has 2 aromatic rings. The fourth-order valence-electron chi connectivity index (χ4n) is 3.94. The fourth-order valence-corrected chi connectivity index (χ4v) is 3.94. The van der Waals surface area contributed by atoms with Gasteiger partial charge in [0.1, 0.15) is 11.7 Å². The van der Waals surface area contributed by atoms with Crippen LogP contribution in [0.3, 0.4) is 0 Å². The maximum Gasteiger partial charge on any atom is 0.273 e. The monoisotopic (exact) mass is 407 g/mol. The lowest BCUT2D eigenvalue weighted by molar-refractivity contribution is -0.138. The molecule has 4 rings (SSSR count). The van der Waals surface area contributed by atoms with E-state index in [4.69, 9.17) is 0 Å². The van der Waals surface area contributed by atoms with Crippen LogP contribution >= 0.6 is 0 Å². The van der Waals surface area contributed by atoms with Crippen LogP contribution in [-0.2, 0) is 9.59 Å². The van der Waals surface area contributed by atoms with Gasteiger partial charge in [-0.1, -0.05) is 24.3 Å². The summed E-state index contributed by atoms with van der Waals surface area (Å²) in [5.41, 5.74) is 1.42. The van der Waals surface area contributed by atoms with Gasteiger partial charge in [-0.3, -0.25) is 19.4 Å². The molecule has 2 aliphatic rings. The van der Waals surface area contributed by atoms with Crippen molar-refractivity contribution in [2.24, 2.45) is 0 Å². The molecule has 2 aliphatic heterocycles. The van der Waals surface area contributed by atoms with Gasteiger partial charge in [0.15, 0.2) is 0 Å². The zero-order valence-electron chi connectivity index (χ0n) is 16.7. The first-order chi connectivity index (χ1) is 14.6. The van der Waals surface area contributed by atoms with Crippen LogP contribution in [-0.4, -0.2) is 77.8 Å². The molecular weight excluding hydrogens is 382 g/mol. The Bertz CT molecular complexity index is 898. The highest BCUT2D eigenvalue weighted by Gasteiger charge is 2.37. The van der Waals surface area contributed by atoms with Gasteiger partial charge in [0.05, 0.1) is 6.42 Å². The Kier molecular flexibility index (Phi) is 5.92. The first-order valence-corrected chi connectivity index (χ1v) is 10.2. The normalized spacial score (nSPS) is 19.4. The molecular formula is C22H25N5O3. The number of piperazine rings is 2. The van der Waals surface area contributed by atoms with Gasteiger partial charge < -0.3 is 20.0 Å². The second-order valence-corrected chi connectivity index (χ2v) is 7.43. The number of hydrogen-bond acceptors (Lipinski definition) is 5. The molecule has 8 heteroatoms. The number of amides is 3. The quantitative estimate of drug-likeness (QED) is 0.809. The standard InChI is InChI=1S/C22H25N5O3/c28-20(26-14-12-25(13-15-26)17-6-2-1-3-7-17)16-19-21(29)24-10-11-27(19)22(30)18-8-4-5-9-23-18/h1-9,19H,10-16H2,(H,24,29)/t19-/m1/s1. The largest absolute Gasteiger partial charge is 0.368 e. The van der Waals surface area contributed by atoms with Gasteiger partial charge in [-0.05, 0) is 24.3 Å². The summed E-state index contributed by atoms with van der Waals surface area (Å²) in [5.74, 6) is -0.720. The number of nitrogens with one attached hydrogen (secondary N) is 1. The van der Waals surface area contributed by atoms with E-state index in [1.807, 2.05) is 18.2 Å². The van der Waals surface area contributed by atoms with Crippen LogP contribution in [0.15, 0.2) is 54.7 Å². The summed E-state index contributed by atoms with van der Waals surface area (Å²) in [5, 5.41) is 2.77. The topological polar surface area (TPSA) is 85.8 Å². The van der Waals surface area contributed by atoms with Crippen LogP contribution in [0.1, 0.15) is 16.9 Å². The summed E-state index contributed by atoms with van der Waals surface area (Å²) in [6.07, 6.45) is 1.53. The molecule has 8 nitrogen and oxygen atoms in total. The van der Waals surface area contributed by atoms with Gasteiger partial charge >= 0.3 is 0 Å². The van der Waals surface area contributed by atoms with Crippen molar-refractivity contribution in [2.45, 2.75) is 12.5 Å². The molecule has 1 aromatic heterocycles.